The van der Waals surface area contributed by atoms with E-state index in [0.717, 1.165) is 16.8 Å². The topological polar surface area (TPSA) is 29.1 Å². The fourth-order valence-electron chi connectivity index (χ4n) is 1.58. The molecular weight excluding hydrogens is 346 g/mol. The largest absolute Gasteiger partial charge is 0.326 e. The van der Waals surface area contributed by atoms with Crippen LogP contribution in [0.1, 0.15) is 52.7 Å². The van der Waals surface area contributed by atoms with Crippen molar-refractivity contribution in [1.29, 1.82) is 0 Å². The summed E-state index contributed by atoms with van der Waals surface area (Å²) in [7, 11) is 0. The van der Waals surface area contributed by atoms with Crippen molar-refractivity contribution < 1.29 is 4.79 Å². The Morgan fingerprint density at radius 3 is 2.24 bits per heavy atom. The molecule has 0 saturated carbocycles. The zero-order valence-electron chi connectivity index (χ0n) is 13.8. The standard InChI is InChI=1S/C17H26BrNOS/c1-16(2,3)15(20)19-14-8-7-12(10-18)13(9-14)11-21-17(4,5)6/h7-9H,10-11H2,1-6H3,(H,19,20). The Kier molecular flexibility index (Phi) is 6.36. The molecule has 118 valence electrons. The van der Waals surface area contributed by atoms with Gasteiger partial charge in [-0.2, -0.15) is 11.8 Å². The van der Waals surface area contributed by atoms with Crippen LogP contribution in [0, 0.1) is 5.41 Å². The van der Waals surface area contributed by atoms with Crippen molar-refractivity contribution in [1.82, 2.24) is 0 Å². The Morgan fingerprint density at radius 2 is 1.76 bits per heavy atom. The molecule has 1 aromatic carbocycles. The van der Waals surface area contributed by atoms with Gasteiger partial charge in [0, 0.05) is 26.9 Å². The molecule has 0 spiro atoms. The maximum atomic E-state index is 12.1. The highest BCUT2D eigenvalue weighted by Gasteiger charge is 2.21. The maximum Gasteiger partial charge on any atom is 0.229 e. The second-order valence-electron chi connectivity index (χ2n) is 7.22. The van der Waals surface area contributed by atoms with Gasteiger partial charge in [-0.1, -0.05) is 63.5 Å². The number of anilines is 1. The van der Waals surface area contributed by atoms with Gasteiger partial charge >= 0.3 is 0 Å². The predicted molar refractivity (Wildman–Crippen MR) is 98.2 cm³/mol. The molecule has 0 fully saturated rings. The number of rotatable bonds is 4. The summed E-state index contributed by atoms with van der Waals surface area (Å²) in [4.78, 5) is 12.1. The van der Waals surface area contributed by atoms with Crippen molar-refractivity contribution in [2.45, 2.75) is 57.4 Å². The Labute approximate surface area is 141 Å². The van der Waals surface area contributed by atoms with Crippen LogP contribution in [0.2, 0.25) is 0 Å². The van der Waals surface area contributed by atoms with Gasteiger partial charge < -0.3 is 5.32 Å². The first-order chi connectivity index (χ1) is 9.53. The van der Waals surface area contributed by atoms with Crippen molar-refractivity contribution in [3.8, 4) is 0 Å². The second kappa shape index (κ2) is 7.19. The monoisotopic (exact) mass is 371 g/mol. The normalized spacial score (nSPS) is 12.3. The van der Waals surface area contributed by atoms with E-state index in [0.29, 0.717) is 0 Å². The third-order valence-corrected chi connectivity index (χ3v) is 4.88. The lowest BCUT2D eigenvalue weighted by atomic mass is 9.95. The highest BCUT2D eigenvalue weighted by Crippen LogP contribution is 2.30. The van der Waals surface area contributed by atoms with Crippen molar-refractivity contribution in [3.05, 3.63) is 29.3 Å². The van der Waals surface area contributed by atoms with Crippen molar-refractivity contribution in [3.63, 3.8) is 0 Å². The van der Waals surface area contributed by atoms with Crippen LogP contribution in [-0.2, 0) is 15.9 Å². The molecule has 1 N–H and O–H groups in total. The Hall–Kier alpha value is -0.480. The molecule has 2 nitrogen and oxygen atoms in total. The number of carbonyl (C=O) groups is 1. The summed E-state index contributed by atoms with van der Waals surface area (Å²) in [6.45, 7) is 12.4. The average molecular weight is 372 g/mol. The lowest BCUT2D eigenvalue weighted by Gasteiger charge is -2.20. The minimum Gasteiger partial charge on any atom is -0.326 e. The first kappa shape index (κ1) is 18.6. The quantitative estimate of drug-likeness (QED) is 0.697. The van der Waals surface area contributed by atoms with E-state index in [4.69, 9.17) is 0 Å². The molecule has 1 aromatic rings. The van der Waals surface area contributed by atoms with Crippen LogP contribution in [0.3, 0.4) is 0 Å². The van der Waals surface area contributed by atoms with Crippen LogP contribution in [0.25, 0.3) is 0 Å². The van der Waals surface area contributed by atoms with Crippen LogP contribution in [0.5, 0.6) is 0 Å². The van der Waals surface area contributed by atoms with Crippen LogP contribution < -0.4 is 5.32 Å². The fourth-order valence-corrected chi connectivity index (χ4v) is 2.99. The van der Waals surface area contributed by atoms with Gasteiger partial charge in [0.25, 0.3) is 0 Å². The van der Waals surface area contributed by atoms with E-state index in [1.54, 1.807) is 0 Å². The molecule has 0 bridgehead atoms. The minimum atomic E-state index is -0.381. The van der Waals surface area contributed by atoms with Gasteiger partial charge in [0.2, 0.25) is 5.91 Å². The second-order valence-corrected chi connectivity index (χ2v) is 9.59. The van der Waals surface area contributed by atoms with Crippen LogP contribution in [0.4, 0.5) is 5.69 Å². The summed E-state index contributed by atoms with van der Waals surface area (Å²) in [6, 6.07) is 6.16. The molecule has 0 atom stereocenters. The summed E-state index contributed by atoms with van der Waals surface area (Å²) < 4.78 is 0.230. The van der Waals surface area contributed by atoms with Crippen molar-refractivity contribution in [2.75, 3.05) is 5.32 Å². The molecule has 1 rings (SSSR count). The van der Waals surface area contributed by atoms with Crippen LogP contribution in [-0.4, -0.2) is 10.7 Å². The van der Waals surface area contributed by atoms with E-state index in [2.05, 4.69) is 54.2 Å². The fraction of sp³-hybridized carbons (Fsp3) is 0.588. The van der Waals surface area contributed by atoms with Gasteiger partial charge in [0.15, 0.2) is 0 Å². The van der Waals surface area contributed by atoms with E-state index < -0.39 is 0 Å². The molecule has 0 saturated heterocycles. The number of thioether (sulfide) groups is 1. The van der Waals surface area contributed by atoms with E-state index in [1.165, 1.54) is 11.1 Å². The first-order valence-electron chi connectivity index (χ1n) is 7.16. The molecule has 0 radical (unpaired) electrons. The molecule has 0 aromatic heterocycles. The van der Waals surface area contributed by atoms with Gasteiger partial charge in [-0.3, -0.25) is 4.79 Å². The number of amides is 1. The summed E-state index contributed by atoms with van der Waals surface area (Å²) in [5, 5.41) is 3.84. The van der Waals surface area contributed by atoms with E-state index in [9.17, 15) is 4.79 Å². The number of alkyl halides is 1. The zero-order chi connectivity index (χ0) is 16.3. The van der Waals surface area contributed by atoms with E-state index >= 15 is 0 Å². The molecular formula is C17H26BrNOS. The number of nitrogens with one attached hydrogen (secondary N) is 1. The summed E-state index contributed by atoms with van der Waals surface area (Å²) in [5.41, 5.74) is 3.05. The third kappa shape index (κ3) is 6.43. The first-order valence-corrected chi connectivity index (χ1v) is 9.27. The number of hydrogen-bond donors (Lipinski definition) is 1. The number of hydrogen-bond acceptors (Lipinski definition) is 2. The van der Waals surface area contributed by atoms with Gasteiger partial charge in [-0.25, -0.2) is 0 Å². The number of benzene rings is 1. The SMILES string of the molecule is CC(C)(C)SCc1cc(NC(=O)C(C)(C)C)ccc1CBr. The highest BCUT2D eigenvalue weighted by atomic mass is 79.9. The Morgan fingerprint density at radius 1 is 1.14 bits per heavy atom. The smallest absolute Gasteiger partial charge is 0.229 e. The minimum absolute atomic E-state index is 0.0449. The van der Waals surface area contributed by atoms with E-state index in [1.807, 2.05) is 38.6 Å². The van der Waals surface area contributed by atoms with Gasteiger partial charge in [0.05, 0.1) is 0 Å². The molecule has 1 amide bonds. The Bertz CT molecular complexity index is 500. The van der Waals surface area contributed by atoms with Crippen LogP contribution >= 0.6 is 27.7 Å². The van der Waals surface area contributed by atoms with Crippen molar-refractivity contribution in [2.24, 2.45) is 5.41 Å². The van der Waals surface area contributed by atoms with Gasteiger partial charge in [0.1, 0.15) is 0 Å². The molecule has 0 aliphatic rings. The molecule has 21 heavy (non-hydrogen) atoms. The third-order valence-electron chi connectivity index (χ3n) is 2.95. The van der Waals surface area contributed by atoms with Crippen molar-refractivity contribution >= 4 is 39.3 Å². The molecule has 4 heteroatoms. The lowest BCUT2D eigenvalue weighted by molar-refractivity contribution is -0.123. The number of carbonyl (C=O) groups excluding carboxylic acids is 1. The molecule has 0 aliphatic carbocycles. The van der Waals surface area contributed by atoms with Gasteiger partial charge in [-0.15, -0.1) is 0 Å². The molecule has 0 unspecified atom stereocenters. The molecule has 0 aliphatic heterocycles. The number of halogens is 1. The summed E-state index contributed by atoms with van der Waals surface area (Å²) >= 11 is 5.46. The summed E-state index contributed by atoms with van der Waals surface area (Å²) in [5.74, 6) is 0.993. The lowest BCUT2D eigenvalue weighted by Crippen LogP contribution is -2.27. The van der Waals surface area contributed by atoms with Gasteiger partial charge in [-0.05, 0) is 23.3 Å². The summed E-state index contributed by atoms with van der Waals surface area (Å²) in [6.07, 6.45) is 0. The average Bonchev–Trinajstić information content (AvgIpc) is 2.34. The van der Waals surface area contributed by atoms with E-state index in [-0.39, 0.29) is 16.1 Å². The zero-order valence-corrected chi connectivity index (χ0v) is 16.2. The predicted octanol–water partition coefficient (Wildman–Crippen LogP) is 5.60. The molecule has 0 heterocycles. The maximum absolute atomic E-state index is 12.1. The Balaban J connectivity index is 2.92. The van der Waals surface area contributed by atoms with Crippen LogP contribution in [0.15, 0.2) is 18.2 Å². The highest BCUT2D eigenvalue weighted by molar-refractivity contribution is 9.08.